The summed E-state index contributed by atoms with van der Waals surface area (Å²) in [5, 5.41) is 14.3. The predicted octanol–water partition coefficient (Wildman–Crippen LogP) is 3.97. The maximum Gasteiger partial charge on any atom is 0.390 e. The summed E-state index contributed by atoms with van der Waals surface area (Å²) >= 11 is 0. The van der Waals surface area contributed by atoms with Crippen molar-refractivity contribution in [2.75, 3.05) is 17.2 Å². The highest BCUT2D eigenvalue weighted by Crippen LogP contribution is 2.43. The number of alkyl halides is 3. The molecule has 226 valence electrons. The molecule has 1 fully saturated rings. The lowest BCUT2D eigenvalue weighted by Gasteiger charge is -2.19. The Morgan fingerprint density at radius 1 is 1.02 bits per heavy atom. The summed E-state index contributed by atoms with van der Waals surface area (Å²) in [5.41, 5.74) is 0.381. The molecular formula is C28H28F3N7O4S. The maximum atomic E-state index is 13.5. The van der Waals surface area contributed by atoms with Crippen LogP contribution in [0.2, 0.25) is 0 Å². The van der Waals surface area contributed by atoms with E-state index >= 15 is 0 Å². The molecule has 2 unspecified atom stereocenters. The van der Waals surface area contributed by atoms with Gasteiger partial charge in [0.15, 0.2) is 11.3 Å². The van der Waals surface area contributed by atoms with Crippen molar-refractivity contribution in [2.45, 2.75) is 62.6 Å². The van der Waals surface area contributed by atoms with Gasteiger partial charge in [0.1, 0.15) is 17.2 Å². The number of halogens is 3. The topological polar surface area (TPSA) is 140 Å². The summed E-state index contributed by atoms with van der Waals surface area (Å²) in [6, 6.07) is 7.94. The van der Waals surface area contributed by atoms with E-state index in [0.29, 0.717) is 29.8 Å². The lowest BCUT2D eigenvalue weighted by atomic mass is 9.93. The quantitative estimate of drug-likeness (QED) is 0.236. The van der Waals surface area contributed by atoms with Gasteiger partial charge in [0.05, 0.1) is 23.0 Å². The van der Waals surface area contributed by atoms with Gasteiger partial charge in [-0.3, -0.25) is 14.0 Å². The fourth-order valence-corrected chi connectivity index (χ4v) is 7.25. The van der Waals surface area contributed by atoms with Gasteiger partial charge in [-0.2, -0.15) is 13.2 Å². The second kappa shape index (κ2) is 10.5. The number of rotatable bonds is 9. The Kier molecular flexibility index (Phi) is 7.02. The fraction of sp³-hybridized carbons (Fsp3) is 0.393. The molecule has 2 aromatic carbocycles. The molecule has 0 saturated heterocycles. The molecule has 11 nitrogen and oxygen atoms in total. The van der Waals surface area contributed by atoms with E-state index in [-0.39, 0.29) is 39.8 Å². The SMILES string of the molecule is CC[C@@H]1CC(Nc2c(NCCC(F)(F)F)c(=O)c2=O)CC1c1nnc2cnc3c(ccn3S(=O)(=O)c3ccc(C)cc3)n12. The van der Waals surface area contributed by atoms with E-state index in [9.17, 15) is 31.2 Å². The Bertz CT molecular complexity index is 2010. The van der Waals surface area contributed by atoms with Crippen molar-refractivity contribution in [3.05, 3.63) is 74.6 Å². The number of aryl methyl sites for hydroxylation is 1. The Balaban J connectivity index is 1.30. The van der Waals surface area contributed by atoms with Crippen LogP contribution in [0.25, 0.3) is 16.8 Å². The summed E-state index contributed by atoms with van der Waals surface area (Å²) in [4.78, 5) is 28.9. The number of benzene rings is 1. The van der Waals surface area contributed by atoms with E-state index in [0.717, 1.165) is 16.0 Å². The number of hydrogen-bond donors (Lipinski definition) is 2. The van der Waals surface area contributed by atoms with Crippen LogP contribution in [0.5, 0.6) is 0 Å². The van der Waals surface area contributed by atoms with E-state index < -0.39 is 40.0 Å². The molecule has 0 amide bonds. The van der Waals surface area contributed by atoms with Crippen molar-refractivity contribution in [1.82, 2.24) is 23.6 Å². The lowest BCUT2D eigenvalue weighted by molar-refractivity contribution is -0.131. The highest BCUT2D eigenvalue weighted by Gasteiger charge is 2.39. The predicted molar refractivity (Wildman–Crippen MR) is 154 cm³/mol. The number of nitrogens with zero attached hydrogens (tertiary/aromatic N) is 5. The number of anilines is 2. The summed E-state index contributed by atoms with van der Waals surface area (Å²) in [6.07, 6.45) is -0.720. The second-order valence-electron chi connectivity index (χ2n) is 10.9. The molecule has 3 aromatic heterocycles. The molecule has 3 heterocycles. The monoisotopic (exact) mass is 615 g/mol. The van der Waals surface area contributed by atoms with Crippen molar-refractivity contribution in [2.24, 2.45) is 5.92 Å². The van der Waals surface area contributed by atoms with Gasteiger partial charge >= 0.3 is 6.18 Å². The van der Waals surface area contributed by atoms with Crippen LogP contribution >= 0.6 is 0 Å². The van der Waals surface area contributed by atoms with Crippen molar-refractivity contribution >= 4 is 38.2 Å². The van der Waals surface area contributed by atoms with Gasteiger partial charge in [0.25, 0.3) is 20.9 Å². The fourth-order valence-electron chi connectivity index (χ4n) is 5.95. The van der Waals surface area contributed by atoms with E-state index in [1.165, 1.54) is 12.4 Å². The van der Waals surface area contributed by atoms with E-state index in [2.05, 4.69) is 25.8 Å². The molecule has 15 heteroatoms. The first-order chi connectivity index (χ1) is 20.4. The highest BCUT2D eigenvalue weighted by molar-refractivity contribution is 7.90. The Hall–Kier alpha value is -4.27. The molecule has 1 saturated carbocycles. The van der Waals surface area contributed by atoms with E-state index in [1.807, 2.05) is 13.8 Å². The Labute approximate surface area is 243 Å². The van der Waals surface area contributed by atoms with Crippen molar-refractivity contribution in [1.29, 1.82) is 0 Å². The zero-order valence-corrected chi connectivity index (χ0v) is 24.0. The molecule has 0 radical (unpaired) electrons. The molecular weight excluding hydrogens is 587 g/mol. The van der Waals surface area contributed by atoms with Crippen LogP contribution < -0.4 is 21.5 Å². The van der Waals surface area contributed by atoms with Crippen LogP contribution in [-0.2, 0) is 10.0 Å². The molecule has 43 heavy (non-hydrogen) atoms. The maximum absolute atomic E-state index is 13.5. The van der Waals surface area contributed by atoms with Crippen LogP contribution in [0.15, 0.2) is 57.2 Å². The summed E-state index contributed by atoms with van der Waals surface area (Å²) in [5.74, 6) is 0.561. The largest absolute Gasteiger partial charge is 0.390 e. The van der Waals surface area contributed by atoms with Gasteiger partial charge in [-0.1, -0.05) is 31.0 Å². The van der Waals surface area contributed by atoms with Crippen molar-refractivity contribution in [3.63, 3.8) is 0 Å². The first-order valence-corrected chi connectivity index (χ1v) is 15.3. The normalized spacial score (nSPS) is 19.5. The zero-order valence-electron chi connectivity index (χ0n) is 23.2. The lowest BCUT2D eigenvalue weighted by Crippen LogP contribution is -2.39. The average molecular weight is 616 g/mol. The van der Waals surface area contributed by atoms with Gasteiger partial charge in [0, 0.05) is 24.7 Å². The third kappa shape index (κ3) is 5.04. The third-order valence-corrected chi connectivity index (χ3v) is 9.84. The van der Waals surface area contributed by atoms with Gasteiger partial charge < -0.3 is 10.6 Å². The molecule has 0 bridgehead atoms. The van der Waals surface area contributed by atoms with Crippen LogP contribution in [0.1, 0.15) is 49.9 Å². The molecule has 6 rings (SSSR count). The van der Waals surface area contributed by atoms with Gasteiger partial charge in [-0.05, 0) is 43.9 Å². The van der Waals surface area contributed by atoms with Crippen LogP contribution in [-0.4, -0.2) is 50.7 Å². The second-order valence-corrected chi connectivity index (χ2v) is 12.8. The first-order valence-electron chi connectivity index (χ1n) is 13.8. The van der Waals surface area contributed by atoms with Gasteiger partial charge in [0.2, 0.25) is 0 Å². The minimum absolute atomic E-state index is 0.00348. The molecule has 1 aliphatic rings. The third-order valence-electron chi connectivity index (χ3n) is 8.16. The standard InChI is InChI=1S/C28H28F3N7O4S/c1-3-16-12-17(34-23-22(24(39)25(23)40)32-10-9-28(29,30)31)13-19(16)26-36-35-21-14-33-27-20(38(21)26)8-11-37(27)43(41,42)18-6-4-15(2)5-7-18/h4-8,11,14,16-17,19,32,34H,3,9-10,12-13H2,1-2H3/t16-,17?,19?/m1/s1. The summed E-state index contributed by atoms with van der Waals surface area (Å²) in [6.45, 7) is 3.38. The Morgan fingerprint density at radius 3 is 2.44 bits per heavy atom. The number of fused-ring (bicyclic) bond motifs is 3. The van der Waals surface area contributed by atoms with Crippen molar-refractivity contribution in [3.8, 4) is 0 Å². The van der Waals surface area contributed by atoms with Crippen LogP contribution in [0.4, 0.5) is 24.5 Å². The molecule has 0 spiro atoms. The molecule has 0 aliphatic heterocycles. The zero-order chi connectivity index (χ0) is 30.7. The molecule has 3 atom stereocenters. The van der Waals surface area contributed by atoms with Crippen LogP contribution in [0, 0.1) is 12.8 Å². The number of nitrogens with one attached hydrogen (secondary N) is 2. The molecule has 2 N–H and O–H groups in total. The van der Waals surface area contributed by atoms with Gasteiger partial charge in [-0.15, -0.1) is 10.2 Å². The summed E-state index contributed by atoms with van der Waals surface area (Å²) in [7, 11) is -3.93. The number of hydrogen-bond acceptors (Lipinski definition) is 9. The molecule has 5 aromatic rings. The van der Waals surface area contributed by atoms with Gasteiger partial charge in [-0.25, -0.2) is 17.4 Å². The van der Waals surface area contributed by atoms with Crippen molar-refractivity contribution < 1.29 is 21.6 Å². The smallest absolute Gasteiger partial charge is 0.380 e. The number of aromatic nitrogens is 5. The average Bonchev–Trinajstić information content (AvgIpc) is 3.69. The minimum atomic E-state index is -4.39. The molecule has 1 aliphatic carbocycles. The highest BCUT2D eigenvalue weighted by atomic mass is 32.2. The minimum Gasteiger partial charge on any atom is -0.380 e. The van der Waals surface area contributed by atoms with E-state index in [1.54, 1.807) is 34.7 Å². The van der Waals surface area contributed by atoms with Crippen LogP contribution in [0.3, 0.4) is 0 Å². The summed E-state index contributed by atoms with van der Waals surface area (Å²) < 4.78 is 67.6. The Morgan fingerprint density at radius 2 is 1.74 bits per heavy atom. The van der Waals surface area contributed by atoms with E-state index in [4.69, 9.17) is 0 Å². The first kappa shape index (κ1) is 28.8.